The van der Waals surface area contributed by atoms with E-state index < -0.39 is 0 Å². The van der Waals surface area contributed by atoms with E-state index in [0.717, 1.165) is 43.1 Å². The van der Waals surface area contributed by atoms with Crippen LogP contribution in [-0.4, -0.2) is 23.6 Å². The maximum atomic E-state index is 5.76. The molecule has 1 aromatic heterocycles. The van der Waals surface area contributed by atoms with Crippen molar-refractivity contribution in [3.8, 4) is 0 Å². The van der Waals surface area contributed by atoms with E-state index in [1.165, 1.54) is 0 Å². The quantitative estimate of drug-likeness (QED) is 0.778. The highest BCUT2D eigenvalue weighted by atomic mass is 16.5. The predicted molar refractivity (Wildman–Crippen MR) is 84.2 cm³/mol. The number of rotatable bonds is 8. The molecule has 0 bridgehead atoms. The second kappa shape index (κ2) is 7.58. The number of ether oxygens (including phenoxy) is 1. The molecule has 4 heteroatoms. The minimum Gasteiger partial charge on any atom is -0.370 e. The molecule has 1 heterocycles. The number of hydrogen-bond acceptors (Lipinski definition) is 4. The minimum atomic E-state index is -0.381. The van der Waals surface area contributed by atoms with Gasteiger partial charge in [-0.3, -0.25) is 0 Å². The summed E-state index contributed by atoms with van der Waals surface area (Å²) in [5, 5.41) is 3.37. The molecule has 0 unspecified atom stereocenters. The second-order valence-corrected chi connectivity index (χ2v) is 5.49. The zero-order chi connectivity index (χ0) is 15.2. The fourth-order valence-corrected chi connectivity index (χ4v) is 2.26. The Morgan fingerprint density at radius 2 is 1.85 bits per heavy atom. The summed E-state index contributed by atoms with van der Waals surface area (Å²) in [6.07, 6.45) is 2.82. The largest absolute Gasteiger partial charge is 0.370 e. The predicted octanol–water partition coefficient (Wildman–Crippen LogP) is 4.08. The monoisotopic (exact) mass is 279 g/mol. The average Bonchev–Trinajstić information content (AvgIpc) is 2.47. The molecule has 0 spiro atoms. The lowest BCUT2D eigenvalue weighted by molar-refractivity contribution is -0.0292. The molecule has 0 aliphatic carbocycles. The zero-order valence-electron chi connectivity index (χ0n) is 13.8. The first kappa shape index (κ1) is 16.9. The van der Waals surface area contributed by atoms with Gasteiger partial charge in [0.1, 0.15) is 11.4 Å². The van der Waals surface area contributed by atoms with Crippen LogP contribution in [0, 0.1) is 0 Å². The molecule has 1 rings (SSSR count). The Balaban J connectivity index is 3.26. The van der Waals surface area contributed by atoms with E-state index in [1.54, 1.807) is 7.11 Å². The lowest BCUT2D eigenvalue weighted by Gasteiger charge is -2.29. The molecule has 0 aliphatic rings. The highest BCUT2D eigenvalue weighted by Gasteiger charge is 2.32. The van der Waals surface area contributed by atoms with Gasteiger partial charge in [-0.25, -0.2) is 9.97 Å². The van der Waals surface area contributed by atoms with E-state index in [9.17, 15) is 0 Å². The first-order valence-electron chi connectivity index (χ1n) is 7.71. The molecule has 20 heavy (non-hydrogen) atoms. The Morgan fingerprint density at radius 3 is 2.30 bits per heavy atom. The van der Waals surface area contributed by atoms with Gasteiger partial charge in [-0.05, 0) is 25.2 Å². The van der Waals surface area contributed by atoms with E-state index in [-0.39, 0.29) is 5.60 Å². The third-order valence-corrected chi connectivity index (χ3v) is 3.83. The van der Waals surface area contributed by atoms with Crippen LogP contribution in [-0.2, 0) is 10.3 Å². The third-order valence-electron chi connectivity index (χ3n) is 3.83. The number of nitrogens with zero attached hydrogens (tertiary/aromatic N) is 2. The summed E-state index contributed by atoms with van der Waals surface area (Å²) in [4.78, 5) is 9.44. The van der Waals surface area contributed by atoms with Crippen LogP contribution in [0.4, 0.5) is 5.82 Å². The van der Waals surface area contributed by atoms with Gasteiger partial charge < -0.3 is 10.1 Å². The summed E-state index contributed by atoms with van der Waals surface area (Å²) >= 11 is 0. The topological polar surface area (TPSA) is 47.0 Å². The van der Waals surface area contributed by atoms with Gasteiger partial charge in [0.25, 0.3) is 0 Å². The normalized spacial score (nSPS) is 11.9. The van der Waals surface area contributed by atoms with Gasteiger partial charge in [0, 0.05) is 25.4 Å². The van der Waals surface area contributed by atoms with E-state index >= 15 is 0 Å². The summed E-state index contributed by atoms with van der Waals surface area (Å²) in [7, 11) is 1.75. The number of methoxy groups -OCH3 is 1. The van der Waals surface area contributed by atoms with Crippen molar-refractivity contribution in [3.63, 3.8) is 0 Å². The summed E-state index contributed by atoms with van der Waals surface area (Å²) in [5.41, 5.74) is 0.685. The van der Waals surface area contributed by atoms with Gasteiger partial charge in [0.05, 0.1) is 0 Å². The molecule has 1 aromatic rings. The van der Waals surface area contributed by atoms with Gasteiger partial charge in [-0.2, -0.15) is 0 Å². The highest BCUT2D eigenvalue weighted by Crippen LogP contribution is 2.31. The van der Waals surface area contributed by atoms with Crippen LogP contribution in [0.3, 0.4) is 0 Å². The molecule has 0 amide bonds. The van der Waals surface area contributed by atoms with Gasteiger partial charge in [-0.1, -0.05) is 34.6 Å². The van der Waals surface area contributed by atoms with Crippen LogP contribution in [0.1, 0.15) is 71.3 Å². The van der Waals surface area contributed by atoms with Crippen LogP contribution >= 0.6 is 0 Å². The van der Waals surface area contributed by atoms with Crippen molar-refractivity contribution in [2.24, 2.45) is 0 Å². The van der Waals surface area contributed by atoms with Crippen molar-refractivity contribution >= 4 is 5.82 Å². The standard InChI is InChI=1S/C16H29N3O/c1-7-10-17-14-11-13(12(4)5)18-15(19-14)16(8-2,9-3)20-6/h11-12H,7-10H2,1-6H3,(H,17,18,19). The molecular weight excluding hydrogens is 250 g/mol. The molecule has 0 saturated heterocycles. The van der Waals surface area contributed by atoms with Crippen molar-refractivity contribution in [1.29, 1.82) is 0 Å². The molecule has 0 aromatic carbocycles. The van der Waals surface area contributed by atoms with E-state index in [0.29, 0.717) is 5.92 Å². The fourth-order valence-electron chi connectivity index (χ4n) is 2.26. The van der Waals surface area contributed by atoms with Gasteiger partial charge in [0.15, 0.2) is 5.82 Å². The molecule has 0 fully saturated rings. The Kier molecular flexibility index (Phi) is 6.40. The Bertz CT molecular complexity index is 406. The third kappa shape index (κ3) is 3.69. The molecule has 4 nitrogen and oxygen atoms in total. The fraction of sp³-hybridized carbons (Fsp3) is 0.750. The Hall–Kier alpha value is -1.16. The van der Waals surface area contributed by atoms with Crippen LogP contribution in [0.15, 0.2) is 6.07 Å². The maximum absolute atomic E-state index is 5.76. The average molecular weight is 279 g/mol. The molecular formula is C16H29N3O. The maximum Gasteiger partial charge on any atom is 0.162 e. The van der Waals surface area contributed by atoms with Crippen molar-refractivity contribution in [1.82, 2.24) is 9.97 Å². The zero-order valence-corrected chi connectivity index (χ0v) is 13.8. The number of hydrogen-bond donors (Lipinski definition) is 1. The van der Waals surface area contributed by atoms with E-state index in [1.807, 2.05) is 0 Å². The lowest BCUT2D eigenvalue weighted by atomic mass is 9.95. The van der Waals surface area contributed by atoms with Crippen LogP contribution < -0.4 is 5.32 Å². The van der Waals surface area contributed by atoms with Gasteiger partial charge in [0.2, 0.25) is 0 Å². The summed E-state index contributed by atoms with van der Waals surface area (Å²) in [5.74, 6) is 2.08. The van der Waals surface area contributed by atoms with E-state index in [4.69, 9.17) is 14.7 Å². The Labute approximate surface area is 123 Å². The second-order valence-electron chi connectivity index (χ2n) is 5.49. The van der Waals surface area contributed by atoms with Crippen molar-refractivity contribution < 1.29 is 4.74 Å². The number of nitrogens with one attached hydrogen (secondary N) is 1. The van der Waals surface area contributed by atoms with Crippen LogP contribution in [0.25, 0.3) is 0 Å². The van der Waals surface area contributed by atoms with Gasteiger partial charge in [-0.15, -0.1) is 0 Å². The molecule has 0 saturated carbocycles. The van der Waals surface area contributed by atoms with Crippen molar-refractivity contribution in [3.05, 3.63) is 17.6 Å². The first-order chi connectivity index (χ1) is 9.52. The molecule has 0 aliphatic heterocycles. The summed E-state index contributed by atoms with van der Waals surface area (Å²) in [6, 6.07) is 2.05. The van der Waals surface area contributed by atoms with E-state index in [2.05, 4.69) is 46.0 Å². The summed E-state index contributed by atoms with van der Waals surface area (Å²) < 4.78 is 5.76. The lowest BCUT2D eigenvalue weighted by Crippen LogP contribution is -2.30. The smallest absolute Gasteiger partial charge is 0.162 e. The minimum absolute atomic E-state index is 0.377. The highest BCUT2D eigenvalue weighted by molar-refractivity contribution is 5.37. The first-order valence-corrected chi connectivity index (χ1v) is 7.71. The Morgan fingerprint density at radius 1 is 1.20 bits per heavy atom. The van der Waals surface area contributed by atoms with Crippen LogP contribution in [0.5, 0.6) is 0 Å². The van der Waals surface area contributed by atoms with Crippen LogP contribution in [0.2, 0.25) is 0 Å². The van der Waals surface area contributed by atoms with Crippen molar-refractivity contribution in [2.45, 2.75) is 65.4 Å². The summed E-state index contributed by atoms with van der Waals surface area (Å²) in [6.45, 7) is 11.6. The number of anilines is 1. The molecule has 0 radical (unpaired) electrons. The van der Waals surface area contributed by atoms with Crippen molar-refractivity contribution in [2.75, 3.05) is 19.0 Å². The number of aromatic nitrogens is 2. The SMILES string of the molecule is CCCNc1cc(C(C)C)nc(C(CC)(CC)OC)n1. The molecule has 0 atom stereocenters. The van der Waals surface area contributed by atoms with Gasteiger partial charge >= 0.3 is 0 Å². The molecule has 114 valence electrons. The molecule has 1 N–H and O–H groups in total.